The number of carbonyl (C=O) groups is 1. The summed E-state index contributed by atoms with van der Waals surface area (Å²) < 4.78 is 24.1. The molecule has 4 heteroatoms. The maximum absolute atomic E-state index is 14.2. The normalized spacial score (nSPS) is 13.4. The number of benzene rings is 2. The molecule has 19 heavy (non-hydrogen) atoms. The van der Waals surface area contributed by atoms with Crippen molar-refractivity contribution >= 4 is 5.97 Å². The van der Waals surface area contributed by atoms with E-state index < -0.39 is 11.8 Å². The van der Waals surface area contributed by atoms with Gasteiger partial charge in [0.1, 0.15) is 11.5 Å². The predicted molar refractivity (Wildman–Crippen MR) is 68.7 cm³/mol. The van der Waals surface area contributed by atoms with E-state index in [1.807, 2.05) is 0 Å². The van der Waals surface area contributed by atoms with Crippen LogP contribution in [0.4, 0.5) is 4.39 Å². The van der Waals surface area contributed by atoms with Crippen molar-refractivity contribution in [3.05, 3.63) is 60.7 Å². The number of halogens is 1. The van der Waals surface area contributed by atoms with Gasteiger partial charge in [0.05, 0.1) is 0 Å². The first-order valence-electron chi connectivity index (χ1n) is 5.78. The number of esters is 1. The van der Waals surface area contributed by atoms with Crippen LogP contribution >= 0.6 is 0 Å². The van der Waals surface area contributed by atoms with Crippen LogP contribution in [-0.4, -0.2) is 11.8 Å². The monoisotopic (exact) mass is 260 g/mol. The van der Waals surface area contributed by atoms with Crippen molar-refractivity contribution in [3.8, 4) is 11.5 Å². The zero-order valence-electron chi connectivity index (χ0n) is 10.4. The minimum Gasteiger partial charge on any atom is -0.449 e. The molecule has 0 saturated carbocycles. The molecular weight excluding hydrogens is 247 g/mol. The molecule has 2 aromatic carbocycles. The number of carbonyl (C=O) groups excluding carboxylic acids is 1. The molecule has 1 unspecified atom stereocenters. The van der Waals surface area contributed by atoms with Crippen LogP contribution in [0.5, 0.6) is 11.5 Å². The molecule has 0 radical (unpaired) electrons. The lowest BCUT2D eigenvalue weighted by Crippen LogP contribution is -2.40. The summed E-state index contributed by atoms with van der Waals surface area (Å²) >= 11 is 0. The van der Waals surface area contributed by atoms with Crippen molar-refractivity contribution in [3.63, 3.8) is 0 Å². The molecule has 0 aliphatic heterocycles. The third-order valence-electron chi connectivity index (χ3n) is 2.37. The van der Waals surface area contributed by atoms with E-state index in [0.29, 0.717) is 0 Å². The van der Waals surface area contributed by atoms with Crippen molar-refractivity contribution in [1.29, 1.82) is 0 Å². The first-order valence-corrected chi connectivity index (χ1v) is 5.78. The Bertz CT molecular complexity index is 538. The van der Waals surface area contributed by atoms with Crippen LogP contribution in [0.1, 0.15) is 6.92 Å². The Morgan fingerprint density at radius 2 is 1.42 bits per heavy atom. The average Bonchev–Trinajstić information content (AvgIpc) is 2.40. The maximum atomic E-state index is 14.2. The Hall–Kier alpha value is -2.36. The number of rotatable bonds is 4. The Morgan fingerprint density at radius 1 is 0.947 bits per heavy atom. The number of para-hydroxylation sites is 2. The summed E-state index contributed by atoms with van der Waals surface area (Å²) in [6.45, 7) is 1.02. The zero-order chi connectivity index (χ0) is 13.7. The molecule has 0 saturated heterocycles. The molecule has 0 amide bonds. The largest absolute Gasteiger partial charge is 0.449 e. The van der Waals surface area contributed by atoms with E-state index in [-0.39, 0.29) is 11.5 Å². The van der Waals surface area contributed by atoms with Crippen LogP contribution in [-0.2, 0) is 4.79 Å². The number of hydrogen-bond donors (Lipinski definition) is 0. The van der Waals surface area contributed by atoms with Gasteiger partial charge in [0, 0.05) is 6.92 Å². The first-order chi connectivity index (χ1) is 9.08. The number of alkyl halides is 1. The van der Waals surface area contributed by atoms with Crippen LogP contribution in [0.15, 0.2) is 60.7 Å². The molecule has 0 fully saturated rings. The summed E-state index contributed by atoms with van der Waals surface area (Å²) in [5.74, 6) is -3.11. The minimum atomic E-state index is -2.54. The van der Waals surface area contributed by atoms with E-state index >= 15 is 0 Å². The third-order valence-corrected chi connectivity index (χ3v) is 2.37. The topological polar surface area (TPSA) is 35.5 Å². The third kappa shape index (κ3) is 3.55. The molecule has 3 nitrogen and oxygen atoms in total. The van der Waals surface area contributed by atoms with E-state index in [4.69, 9.17) is 9.47 Å². The molecule has 0 heterocycles. The summed E-state index contributed by atoms with van der Waals surface area (Å²) in [7, 11) is 0. The van der Waals surface area contributed by atoms with Gasteiger partial charge in [-0.05, 0) is 24.3 Å². The van der Waals surface area contributed by atoms with Gasteiger partial charge in [-0.2, -0.15) is 4.39 Å². The maximum Gasteiger partial charge on any atom is 0.389 e. The molecule has 1 atom stereocenters. The Morgan fingerprint density at radius 3 is 1.95 bits per heavy atom. The molecule has 0 N–H and O–H groups in total. The highest BCUT2D eigenvalue weighted by molar-refractivity contribution is 5.79. The summed E-state index contributed by atoms with van der Waals surface area (Å²) in [6, 6.07) is 16.6. The second-order valence-corrected chi connectivity index (χ2v) is 4.03. The van der Waals surface area contributed by atoms with Gasteiger partial charge in [0.15, 0.2) is 0 Å². The first kappa shape index (κ1) is 13.1. The molecule has 0 spiro atoms. The summed E-state index contributed by atoms with van der Waals surface area (Å²) in [4.78, 5) is 11.7. The second-order valence-electron chi connectivity index (χ2n) is 4.03. The standard InChI is InChI=1S/C15H13FO3/c1-15(16,19-13-10-6-3-7-11-13)14(17)18-12-8-4-2-5-9-12/h2-11H,1H3. The molecule has 0 aliphatic rings. The highest BCUT2D eigenvalue weighted by Crippen LogP contribution is 2.22. The highest BCUT2D eigenvalue weighted by Gasteiger charge is 2.38. The highest BCUT2D eigenvalue weighted by atomic mass is 19.2. The fourth-order valence-corrected chi connectivity index (χ4v) is 1.44. The number of ether oxygens (including phenoxy) is 2. The van der Waals surface area contributed by atoms with Gasteiger partial charge in [-0.25, -0.2) is 4.79 Å². The van der Waals surface area contributed by atoms with E-state index in [0.717, 1.165) is 6.92 Å². The van der Waals surface area contributed by atoms with E-state index in [1.165, 1.54) is 0 Å². The average molecular weight is 260 g/mol. The van der Waals surface area contributed by atoms with Gasteiger partial charge in [0.25, 0.3) is 0 Å². The predicted octanol–water partition coefficient (Wildman–Crippen LogP) is 3.36. The summed E-state index contributed by atoms with van der Waals surface area (Å²) in [6.07, 6.45) is 0. The van der Waals surface area contributed by atoms with Crippen LogP contribution in [0.2, 0.25) is 0 Å². The SMILES string of the molecule is CC(F)(Oc1ccccc1)C(=O)Oc1ccccc1. The van der Waals surface area contributed by atoms with Crippen LogP contribution in [0.3, 0.4) is 0 Å². The minimum absolute atomic E-state index is 0.262. The Labute approximate surface area is 110 Å². The summed E-state index contributed by atoms with van der Waals surface area (Å²) in [5, 5.41) is 0. The number of hydrogen-bond acceptors (Lipinski definition) is 3. The second kappa shape index (κ2) is 5.52. The van der Waals surface area contributed by atoms with Crippen molar-refractivity contribution in [2.24, 2.45) is 0 Å². The van der Waals surface area contributed by atoms with Gasteiger partial charge >= 0.3 is 11.8 Å². The lowest BCUT2D eigenvalue weighted by atomic mass is 10.3. The fourth-order valence-electron chi connectivity index (χ4n) is 1.44. The van der Waals surface area contributed by atoms with Gasteiger partial charge in [0.2, 0.25) is 0 Å². The molecule has 0 bridgehead atoms. The van der Waals surface area contributed by atoms with Gasteiger partial charge in [-0.15, -0.1) is 0 Å². The summed E-state index contributed by atoms with van der Waals surface area (Å²) in [5.41, 5.74) is 0. The molecule has 0 aliphatic carbocycles. The van der Waals surface area contributed by atoms with E-state index in [1.54, 1.807) is 60.7 Å². The lowest BCUT2D eigenvalue weighted by molar-refractivity contribution is -0.166. The van der Waals surface area contributed by atoms with Crippen LogP contribution in [0.25, 0.3) is 0 Å². The van der Waals surface area contributed by atoms with Gasteiger partial charge in [-0.3, -0.25) is 0 Å². The molecule has 2 aromatic rings. The molecular formula is C15H13FO3. The van der Waals surface area contributed by atoms with Crippen molar-refractivity contribution in [1.82, 2.24) is 0 Å². The van der Waals surface area contributed by atoms with Crippen LogP contribution in [0, 0.1) is 0 Å². The zero-order valence-corrected chi connectivity index (χ0v) is 10.4. The fraction of sp³-hybridized carbons (Fsp3) is 0.133. The van der Waals surface area contributed by atoms with Gasteiger partial charge in [-0.1, -0.05) is 36.4 Å². The molecule has 0 aromatic heterocycles. The smallest absolute Gasteiger partial charge is 0.389 e. The van der Waals surface area contributed by atoms with Crippen molar-refractivity contribution in [2.45, 2.75) is 12.8 Å². The molecule has 2 rings (SSSR count). The quantitative estimate of drug-likeness (QED) is 0.624. The van der Waals surface area contributed by atoms with E-state index in [2.05, 4.69) is 0 Å². The van der Waals surface area contributed by atoms with Gasteiger partial charge < -0.3 is 9.47 Å². The Kier molecular flexibility index (Phi) is 3.80. The van der Waals surface area contributed by atoms with Crippen molar-refractivity contribution in [2.75, 3.05) is 0 Å². The molecule has 98 valence electrons. The van der Waals surface area contributed by atoms with Crippen molar-refractivity contribution < 1.29 is 18.7 Å². The lowest BCUT2D eigenvalue weighted by Gasteiger charge is -2.20. The Balaban J connectivity index is 2.05. The van der Waals surface area contributed by atoms with Crippen LogP contribution < -0.4 is 9.47 Å². The van der Waals surface area contributed by atoms with E-state index in [9.17, 15) is 9.18 Å².